The maximum Gasteiger partial charge on any atom is 0.0641 e. The Morgan fingerprint density at radius 2 is 2.18 bits per heavy atom. The molecule has 2 heterocycles. The molecule has 1 fully saturated rings. The number of piperidine rings is 1. The molecule has 1 saturated heterocycles. The summed E-state index contributed by atoms with van der Waals surface area (Å²) in [6, 6.07) is 0.654. The van der Waals surface area contributed by atoms with Crippen LogP contribution in [0.25, 0.3) is 0 Å². The molecule has 0 saturated carbocycles. The highest BCUT2D eigenvalue weighted by atomic mass is 15.3. The van der Waals surface area contributed by atoms with Crippen LogP contribution in [-0.4, -0.2) is 40.9 Å². The second-order valence-electron chi connectivity index (χ2n) is 5.14. The molecule has 0 aliphatic carbocycles. The molecule has 1 aromatic rings. The average molecular weight is 236 g/mol. The van der Waals surface area contributed by atoms with Crippen molar-refractivity contribution in [2.24, 2.45) is 7.05 Å². The first kappa shape index (κ1) is 12.6. The Bertz CT molecular complexity index is 383. The summed E-state index contributed by atoms with van der Waals surface area (Å²) in [6.45, 7) is 7.69. The number of likely N-dealkylation sites (N-methyl/N-ethyl adjacent to an activating group) is 1. The predicted molar refractivity (Wildman–Crippen MR) is 70.0 cm³/mol. The summed E-state index contributed by atoms with van der Waals surface area (Å²) in [6.07, 6.45) is 2.60. The minimum absolute atomic E-state index is 0.654. The standard InChI is InChI=1S/C13H24N4/c1-10-13(11(2)16(4)15-10)9-17-7-5-6-12(8-17)14-3/h12,14H,5-9H2,1-4H3. The fraction of sp³-hybridized carbons (Fsp3) is 0.769. The van der Waals surface area contributed by atoms with Gasteiger partial charge in [0.15, 0.2) is 0 Å². The zero-order valence-electron chi connectivity index (χ0n) is 11.5. The first-order chi connectivity index (χ1) is 8.11. The van der Waals surface area contributed by atoms with Crippen molar-refractivity contribution >= 4 is 0 Å². The van der Waals surface area contributed by atoms with Crippen LogP contribution in [0.3, 0.4) is 0 Å². The van der Waals surface area contributed by atoms with Crippen molar-refractivity contribution in [1.82, 2.24) is 20.0 Å². The smallest absolute Gasteiger partial charge is 0.0641 e. The number of hydrogen-bond donors (Lipinski definition) is 1. The van der Waals surface area contributed by atoms with Crippen molar-refractivity contribution in [1.29, 1.82) is 0 Å². The van der Waals surface area contributed by atoms with Gasteiger partial charge in [-0.25, -0.2) is 0 Å². The fourth-order valence-corrected chi connectivity index (χ4v) is 2.70. The molecule has 96 valence electrons. The normalized spacial score (nSPS) is 22.0. The van der Waals surface area contributed by atoms with Gasteiger partial charge in [-0.3, -0.25) is 9.58 Å². The third-order valence-corrected chi connectivity index (χ3v) is 3.95. The first-order valence-corrected chi connectivity index (χ1v) is 6.50. The van der Waals surface area contributed by atoms with Crippen molar-refractivity contribution in [2.45, 2.75) is 39.3 Å². The van der Waals surface area contributed by atoms with E-state index in [4.69, 9.17) is 0 Å². The molecule has 2 rings (SSSR count). The second-order valence-corrected chi connectivity index (χ2v) is 5.14. The van der Waals surface area contributed by atoms with E-state index in [2.05, 4.69) is 36.2 Å². The molecule has 4 nitrogen and oxygen atoms in total. The molecule has 0 amide bonds. The number of nitrogens with one attached hydrogen (secondary N) is 1. The van der Waals surface area contributed by atoms with Crippen LogP contribution in [0.5, 0.6) is 0 Å². The van der Waals surface area contributed by atoms with Gasteiger partial charge < -0.3 is 5.32 Å². The highest BCUT2D eigenvalue weighted by Crippen LogP contribution is 2.18. The third-order valence-electron chi connectivity index (χ3n) is 3.95. The van der Waals surface area contributed by atoms with Gasteiger partial charge in [0.1, 0.15) is 0 Å². The van der Waals surface area contributed by atoms with E-state index in [1.54, 1.807) is 0 Å². The van der Waals surface area contributed by atoms with E-state index in [0.29, 0.717) is 6.04 Å². The Morgan fingerprint density at radius 1 is 1.41 bits per heavy atom. The third kappa shape index (κ3) is 2.69. The summed E-state index contributed by atoms with van der Waals surface area (Å²) in [5.41, 5.74) is 3.88. The van der Waals surface area contributed by atoms with E-state index in [1.807, 2.05) is 11.7 Å². The van der Waals surface area contributed by atoms with Gasteiger partial charge in [-0.05, 0) is 40.3 Å². The van der Waals surface area contributed by atoms with Gasteiger partial charge in [0.2, 0.25) is 0 Å². The van der Waals surface area contributed by atoms with Crippen LogP contribution in [0, 0.1) is 13.8 Å². The largest absolute Gasteiger partial charge is 0.316 e. The highest BCUT2D eigenvalue weighted by Gasteiger charge is 2.20. The lowest BCUT2D eigenvalue weighted by atomic mass is 10.0. The lowest BCUT2D eigenvalue weighted by Gasteiger charge is -2.32. The zero-order valence-corrected chi connectivity index (χ0v) is 11.5. The van der Waals surface area contributed by atoms with E-state index < -0.39 is 0 Å². The summed E-state index contributed by atoms with van der Waals surface area (Å²) in [4.78, 5) is 2.54. The van der Waals surface area contributed by atoms with Gasteiger partial charge >= 0.3 is 0 Å². The zero-order chi connectivity index (χ0) is 12.4. The van der Waals surface area contributed by atoms with Gasteiger partial charge in [-0.2, -0.15) is 5.10 Å². The molecule has 0 spiro atoms. The molecule has 0 bridgehead atoms. The molecule has 1 aliphatic heterocycles. The molecular weight excluding hydrogens is 212 g/mol. The molecular formula is C13H24N4. The minimum Gasteiger partial charge on any atom is -0.316 e. The maximum absolute atomic E-state index is 4.49. The Balaban J connectivity index is 2.05. The SMILES string of the molecule is CNC1CCCN(Cc2c(C)nn(C)c2C)C1. The molecule has 0 aromatic carbocycles. The van der Waals surface area contributed by atoms with Crippen LogP contribution < -0.4 is 5.32 Å². The quantitative estimate of drug-likeness (QED) is 0.856. The summed E-state index contributed by atoms with van der Waals surface area (Å²) < 4.78 is 1.99. The Kier molecular flexibility index (Phi) is 3.84. The monoisotopic (exact) mass is 236 g/mol. The minimum atomic E-state index is 0.654. The van der Waals surface area contributed by atoms with E-state index in [0.717, 1.165) is 13.1 Å². The number of likely N-dealkylation sites (tertiary alicyclic amines) is 1. The van der Waals surface area contributed by atoms with E-state index >= 15 is 0 Å². The molecule has 1 aromatic heterocycles. The molecule has 17 heavy (non-hydrogen) atoms. The molecule has 1 unspecified atom stereocenters. The topological polar surface area (TPSA) is 33.1 Å². The van der Waals surface area contributed by atoms with Crippen molar-refractivity contribution in [3.05, 3.63) is 17.0 Å². The van der Waals surface area contributed by atoms with E-state index in [9.17, 15) is 0 Å². The average Bonchev–Trinajstić information content (AvgIpc) is 2.56. The molecule has 4 heteroatoms. The van der Waals surface area contributed by atoms with Crippen LogP contribution in [-0.2, 0) is 13.6 Å². The van der Waals surface area contributed by atoms with Gasteiger partial charge in [0, 0.05) is 37.4 Å². The first-order valence-electron chi connectivity index (χ1n) is 6.50. The van der Waals surface area contributed by atoms with Crippen LogP contribution in [0.2, 0.25) is 0 Å². The lowest BCUT2D eigenvalue weighted by Crippen LogP contribution is -2.44. The van der Waals surface area contributed by atoms with Gasteiger partial charge in [0.05, 0.1) is 5.69 Å². The van der Waals surface area contributed by atoms with Crippen molar-refractivity contribution < 1.29 is 0 Å². The second kappa shape index (κ2) is 5.19. The summed E-state index contributed by atoms with van der Waals surface area (Å²) in [5, 5.41) is 7.88. The van der Waals surface area contributed by atoms with Crippen LogP contribution in [0.1, 0.15) is 29.8 Å². The van der Waals surface area contributed by atoms with Crippen molar-refractivity contribution in [3.8, 4) is 0 Å². The van der Waals surface area contributed by atoms with Crippen LogP contribution in [0.15, 0.2) is 0 Å². The van der Waals surface area contributed by atoms with Gasteiger partial charge in [-0.1, -0.05) is 0 Å². The van der Waals surface area contributed by atoms with Gasteiger partial charge in [-0.15, -0.1) is 0 Å². The molecule has 1 N–H and O–H groups in total. The Labute approximate surface area is 104 Å². The Hall–Kier alpha value is -0.870. The van der Waals surface area contributed by atoms with Crippen molar-refractivity contribution in [2.75, 3.05) is 20.1 Å². The lowest BCUT2D eigenvalue weighted by molar-refractivity contribution is 0.187. The summed E-state index contributed by atoms with van der Waals surface area (Å²) >= 11 is 0. The number of rotatable bonds is 3. The van der Waals surface area contributed by atoms with Crippen LogP contribution >= 0.6 is 0 Å². The predicted octanol–water partition coefficient (Wildman–Crippen LogP) is 1.22. The summed E-state index contributed by atoms with van der Waals surface area (Å²) in [7, 11) is 4.09. The number of aryl methyl sites for hydroxylation is 2. The van der Waals surface area contributed by atoms with E-state index in [1.165, 1.54) is 36.3 Å². The van der Waals surface area contributed by atoms with Gasteiger partial charge in [0.25, 0.3) is 0 Å². The number of hydrogen-bond acceptors (Lipinski definition) is 3. The number of nitrogens with zero attached hydrogens (tertiary/aromatic N) is 3. The molecule has 0 radical (unpaired) electrons. The van der Waals surface area contributed by atoms with Crippen LogP contribution in [0.4, 0.5) is 0 Å². The molecule has 1 atom stereocenters. The molecule has 1 aliphatic rings. The number of aromatic nitrogens is 2. The maximum atomic E-state index is 4.49. The fourth-order valence-electron chi connectivity index (χ4n) is 2.70. The highest BCUT2D eigenvalue weighted by molar-refractivity contribution is 5.24. The Morgan fingerprint density at radius 3 is 2.76 bits per heavy atom. The summed E-state index contributed by atoms with van der Waals surface area (Å²) in [5.74, 6) is 0. The van der Waals surface area contributed by atoms with Crippen molar-refractivity contribution in [3.63, 3.8) is 0 Å². The van der Waals surface area contributed by atoms with E-state index in [-0.39, 0.29) is 0 Å².